The average molecular weight is 263 g/mol. The highest BCUT2D eigenvalue weighted by Gasteiger charge is 2.18. The Kier molecular flexibility index (Phi) is 4.39. The van der Waals surface area contributed by atoms with Crippen LogP contribution in [0.5, 0.6) is 11.5 Å². The minimum atomic E-state index is -0.484. The summed E-state index contributed by atoms with van der Waals surface area (Å²) >= 11 is 0. The number of ether oxygens (including phenoxy) is 2. The van der Waals surface area contributed by atoms with Crippen molar-refractivity contribution < 1.29 is 14.4 Å². The summed E-state index contributed by atoms with van der Waals surface area (Å²) < 4.78 is 11.2. The number of benzene rings is 1. The van der Waals surface area contributed by atoms with E-state index >= 15 is 0 Å². The van der Waals surface area contributed by atoms with Gasteiger partial charge in [0.05, 0.1) is 18.1 Å². The van der Waals surface area contributed by atoms with Gasteiger partial charge in [0.2, 0.25) is 6.20 Å². The second-order valence-electron chi connectivity index (χ2n) is 4.54. The Labute approximate surface area is 112 Å². The summed E-state index contributed by atoms with van der Waals surface area (Å²) in [5.41, 5.74) is 0.727. The van der Waals surface area contributed by atoms with E-state index in [0.29, 0.717) is 11.5 Å². The van der Waals surface area contributed by atoms with Crippen molar-refractivity contribution in [3.8, 4) is 11.5 Å². The molecular formula is C14H17NO4. The normalized spacial score (nSPS) is 15.8. The first-order valence-electron chi connectivity index (χ1n) is 6.35. The minimum absolute atomic E-state index is 0.226. The van der Waals surface area contributed by atoms with Crippen LogP contribution in [0.15, 0.2) is 24.4 Å². The predicted octanol–water partition coefficient (Wildman–Crippen LogP) is 3.26. The highest BCUT2D eigenvalue weighted by atomic mass is 16.6. The standard InChI is InChI=1S/C14H17NO4/c1-18-13-7-6-11(8-9-15(16)17)10-14(13)19-12-4-2-3-5-12/h6-10,12H,2-5H2,1H3. The average Bonchev–Trinajstić information content (AvgIpc) is 2.89. The molecule has 0 N–H and O–H groups in total. The van der Waals surface area contributed by atoms with Crippen molar-refractivity contribution >= 4 is 6.08 Å². The summed E-state index contributed by atoms with van der Waals surface area (Å²) in [6.07, 6.45) is 7.07. The van der Waals surface area contributed by atoms with Crippen LogP contribution < -0.4 is 9.47 Å². The van der Waals surface area contributed by atoms with Crippen LogP contribution >= 0.6 is 0 Å². The fourth-order valence-electron chi connectivity index (χ4n) is 2.22. The number of hydrogen-bond acceptors (Lipinski definition) is 4. The van der Waals surface area contributed by atoms with Gasteiger partial charge in [-0.15, -0.1) is 0 Å². The summed E-state index contributed by atoms with van der Waals surface area (Å²) in [5.74, 6) is 1.31. The van der Waals surface area contributed by atoms with Crippen molar-refractivity contribution in [2.24, 2.45) is 0 Å². The van der Waals surface area contributed by atoms with Crippen LogP contribution in [-0.2, 0) is 0 Å². The molecule has 5 heteroatoms. The lowest BCUT2D eigenvalue weighted by molar-refractivity contribution is -0.400. The zero-order valence-corrected chi connectivity index (χ0v) is 10.9. The highest BCUT2D eigenvalue weighted by molar-refractivity contribution is 5.55. The Morgan fingerprint density at radius 3 is 2.68 bits per heavy atom. The molecule has 5 nitrogen and oxygen atoms in total. The number of nitro groups is 1. The first-order chi connectivity index (χ1) is 9.19. The Bertz CT molecular complexity index is 478. The van der Waals surface area contributed by atoms with Crippen LogP contribution in [0.3, 0.4) is 0 Å². The molecule has 0 saturated heterocycles. The number of hydrogen-bond donors (Lipinski definition) is 0. The first kappa shape index (κ1) is 13.4. The van der Waals surface area contributed by atoms with Crippen LogP contribution in [-0.4, -0.2) is 18.1 Å². The fourth-order valence-corrected chi connectivity index (χ4v) is 2.22. The zero-order valence-electron chi connectivity index (χ0n) is 10.9. The molecule has 0 aliphatic heterocycles. The van der Waals surface area contributed by atoms with Crippen molar-refractivity contribution in [2.75, 3.05) is 7.11 Å². The van der Waals surface area contributed by atoms with Crippen molar-refractivity contribution in [1.82, 2.24) is 0 Å². The number of rotatable bonds is 5. The summed E-state index contributed by atoms with van der Waals surface area (Å²) in [5, 5.41) is 10.3. The maximum absolute atomic E-state index is 10.3. The predicted molar refractivity (Wildman–Crippen MR) is 71.9 cm³/mol. The molecule has 1 aromatic carbocycles. The van der Waals surface area contributed by atoms with Gasteiger partial charge in [0, 0.05) is 6.08 Å². The molecule has 0 aromatic heterocycles. The molecule has 0 spiro atoms. The SMILES string of the molecule is COc1ccc(C=C[N+](=O)[O-])cc1OC1CCCC1. The topological polar surface area (TPSA) is 61.6 Å². The van der Waals surface area contributed by atoms with Crippen LogP contribution in [0.1, 0.15) is 31.2 Å². The maximum Gasteiger partial charge on any atom is 0.235 e. The van der Waals surface area contributed by atoms with Gasteiger partial charge < -0.3 is 9.47 Å². The summed E-state index contributed by atoms with van der Waals surface area (Å²) in [4.78, 5) is 9.84. The maximum atomic E-state index is 10.3. The smallest absolute Gasteiger partial charge is 0.235 e. The summed E-state index contributed by atoms with van der Waals surface area (Å²) in [6.45, 7) is 0. The molecule has 19 heavy (non-hydrogen) atoms. The molecule has 102 valence electrons. The third-order valence-electron chi connectivity index (χ3n) is 3.17. The molecule has 0 heterocycles. The molecule has 0 unspecified atom stereocenters. The molecule has 2 rings (SSSR count). The van der Waals surface area contributed by atoms with E-state index in [1.165, 1.54) is 18.9 Å². The van der Waals surface area contributed by atoms with Crippen LogP contribution in [0.25, 0.3) is 6.08 Å². The van der Waals surface area contributed by atoms with E-state index in [1.54, 1.807) is 25.3 Å². The summed E-state index contributed by atoms with van der Waals surface area (Å²) in [6, 6.07) is 5.31. The lowest BCUT2D eigenvalue weighted by Gasteiger charge is -2.16. The molecule has 1 aromatic rings. The van der Waals surface area contributed by atoms with Crippen molar-refractivity contribution in [2.45, 2.75) is 31.8 Å². The van der Waals surface area contributed by atoms with Gasteiger partial charge in [-0.25, -0.2) is 0 Å². The molecule has 1 saturated carbocycles. The van der Waals surface area contributed by atoms with Crippen molar-refractivity contribution in [3.63, 3.8) is 0 Å². The van der Waals surface area contributed by atoms with E-state index in [1.807, 2.05) is 0 Å². The van der Waals surface area contributed by atoms with Crippen LogP contribution in [0.4, 0.5) is 0 Å². The monoisotopic (exact) mass is 263 g/mol. The van der Waals surface area contributed by atoms with E-state index in [0.717, 1.165) is 24.6 Å². The molecule has 0 radical (unpaired) electrons. The Balaban J connectivity index is 2.17. The number of methoxy groups -OCH3 is 1. The van der Waals surface area contributed by atoms with Crippen molar-refractivity contribution in [1.29, 1.82) is 0 Å². The van der Waals surface area contributed by atoms with Gasteiger partial charge in [0.15, 0.2) is 11.5 Å². The van der Waals surface area contributed by atoms with Gasteiger partial charge in [0.1, 0.15) is 0 Å². The van der Waals surface area contributed by atoms with E-state index in [-0.39, 0.29) is 6.10 Å². The third-order valence-corrected chi connectivity index (χ3v) is 3.17. The molecule has 1 aliphatic carbocycles. The van der Waals surface area contributed by atoms with Crippen molar-refractivity contribution in [3.05, 3.63) is 40.1 Å². The van der Waals surface area contributed by atoms with E-state index in [4.69, 9.17) is 9.47 Å². The first-order valence-corrected chi connectivity index (χ1v) is 6.35. The van der Waals surface area contributed by atoms with Gasteiger partial charge >= 0.3 is 0 Å². The Hall–Kier alpha value is -2.04. The van der Waals surface area contributed by atoms with Gasteiger partial charge in [-0.2, -0.15) is 0 Å². The Morgan fingerprint density at radius 2 is 2.05 bits per heavy atom. The second-order valence-corrected chi connectivity index (χ2v) is 4.54. The molecule has 1 fully saturated rings. The van der Waals surface area contributed by atoms with E-state index in [2.05, 4.69) is 0 Å². The zero-order chi connectivity index (χ0) is 13.7. The van der Waals surface area contributed by atoms with Gasteiger partial charge in [-0.05, 0) is 43.4 Å². The lowest BCUT2D eigenvalue weighted by atomic mass is 10.2. The van der Waals surface area contributed by atoms with Gasteiger partial charge in [0.25, 0.3) is 0 Å². The molecule has 0 amide bonds. The largest absolute Gasteiger partial charge is 0.493 e. The van der Waals surface area contributed by atoms with Gasteiger partial charge in [-0.3, -0.25) is 10.1 Å². The van der Waals surface area contributed by atoms with Crippen LogP contribution in [0.2, 0.25) is 0 Å². The van der Waals surface area contributed by atoms with Gasteiger partial charge in [-0.1, -0.05) is 6.07 Å². The highest BCUT2D eigenvalue weighted by Crippen LogP contribution is 2.32. The minimum Gasteiger partial charge on any atom is -0.493 e. The third kappa shape index (κ3) is 3.71. The molecule has 0 bridgehead atoms. The Morgan fingerprint density at radius 1 is 1.32 bits per heavy atom. The van der Waals surface area contributed by atoms with E-state index < -0.39 is 4.92 Å². The quantitative estimate of drug-likeness (QED) is 0.604. The fraction of sp³-hybridized carbons (Fsp3) is 0.429. The van der Waals surface area contributed by atoms with Crippen LogP contribution in [0, 0.1) is 10.1 Å². The number of nitrogens with zero attached hydrogens (tertiary/aromatic N) is 1. The molecule has 1 aliphatic rings. The second kappa shape index (κ2) is 6.22. The molecule has 0 atom stereocenters. The lowest BCUT2D eigenvalue weighted by Crippen LogP contribution is -2.11. The molecular weight excluding hydrogens is 246 g/mol. The summed E-state index contributed by atoms with van der Waals surface area (Å²) in [7, 11) is 1.59. The van der Waals surface area contributed by atoms with E-state index in [9.17, 15) is 10.1 Å².